The fraction of sp³-hybridized carbons (Fsp3) is 0.667. The van der Waals surface area contributed by atoms with Gasteiger partial charge in [-0.25, -0.2) is 4.79 Å². The van der Waals surface area contributed by atoms with E-state index in [4.69, 9.17) is 0 Å². The first-order chi connectivity index (χ1) is 5.07. The molecule has 1 amide bonds. The van der Waals surface area contributed by atoms with Crippen LogP contribution in [-0.4, -0.2) is 30.8 Å². The summed E-state index contributed by atoms with van der Waals surface area (Å²) in [5.74, 6) is -0.555. The first-order valence-corrected chi connectivity index (χ1v) is 3.17. The summed E-state index contributed by atoms with van der Waals surface area (Å²) in [6, 6.07) is 0. The van der Waals surface area contributed by atoms with E-state index in [1.54, 1.807) is 6.92 Å². The molecule has 0 heterocycles. The van der Waals surface area contributed by atoms with Crippen molar-refractivity contribution in [3.63, 3.8) is 0 Å². The largest absolute Gasteiger partial charge is 0.448 e. The summed E-state index contributed by atoms with van der Waals surface area (Å²) in [7, 11) is 1.30. The lowest BCUT2D eigenvalue weighted by Crippen LogP contribution is -2.29. The van der Waals surface area contributed by atoms with Gasteiger partial charge < -0.3 is 9.57 Å². The van der Waals surface area contributed by atoms with E-state index in [2.05, 4.69) is 9.57 Å². The number of nitrogens with zero attached hydrogens (tertiary/aromatic N) is 1. The third-order valence-electron chi connectivity index (χ3n) is 0.790. The number of carbonyl (C=O) groups is 2. The van der Waals surface area contributed by atoms with Crippen LogP contribution in [0.25, 0.3) is 0 Å². The molecule has 0 bridgehead atoms. The van der Waals surface area contributed by atoms with E-state index in [0.29, 0.717) is 0 Å². The zero-order valence-electron chi connectivity index (χ0n) is 6.79. The highest BCUT2D eigenvalue weighted by Gasteiger charge is 2.11. The molecule has 0 aliphatic heterocycles. The van der Waals surface area contributed by atoms with Crippen molar-refractivity contribution in [1.29, 1.82) is 0 Å². The number of hydrogen-bond acceptors (Lipinski definition) is 4. The molecule has 0 aromatic rings. The van der Waals surface area contributed by atoms with Crippen molar-refractivity contribution in [3.05, 3.63) is 0 Å². The van der Waals surface area contributed by atoms with Gasteiger partial charge in [0.1, 0.15) is 0 Å². The highest BCUT2D eigenvalue weighted by molar-refractivity contribution is 5.71. The molecule has 0 aromatic heterocycles. The van der Waals surface area contributed by atoms with Crippen LogP contribution in [0.5, 0.6) is 0 Å². The fourth-order valence-corrected chi connectivity index (χ4v) is 0.444. The minimum absolute atomic E-state index is 0.254. The Hall–Kier alpha value is -1.26. The number of ether oxygens (including phenoxy) is 1. The summed E-state index contributed by atoms with van der Waals surface area (Å²) in [5, 5.41) is 0.742. The summed E-state index contributed by atoms with van der Waals surface area (Å²) >= 11 is 0. The number of amides is 1. The Morgan fingerprint density at radius 3 is 2.36 bits per heavy atom. The van der Waals surface area contributed by atoms with E-state index in [1.165, 1.54) is 14.0 Å². The topological polar surface area (TPSA) is 55.8 Å². The van der Waals surface area contributed by atoms with Gasteiger partial charge in [0, 0.05) is 6.92 Å². The quantitative estimate of drug-likeness (QED) is 0.527. The van der Waals surface area contributed by atoms with Crippen molar-refractivity contribution < 1.29 is 19.2 Å². The van der Waals surface area contributed by atoms with Gasteiger partial charge in [-0.2, -0.15) is 0 Å². The maximum atomic E-state index is 10.7. The summed E-state index contributed by atoms with van der Waals surface area (Å²) in [6.07, 6.45) is -0.678. The standard InChI is InChI=1S/C6H11NO4/c1-4-10-6(9)7(3)11-5(2)8/h4H2,1-3H3. The molecule has 0 unspecified atom stereocenters. The van der Waals surface area contributed by atoms with Gasteiger partial charge >= 0.3 is 12.1 Å². The second-order valence-electron chi connectivity index (χ2n) is 1.78. The van der Waals surface area contributed by atoms with Gasteiger partial charge in [-0.05, 0) is 6.92 Å². The first kappa shape index (κ1) is 9.74. The Bertz CT molecular complexity index is 157. The van der Waals surface area contributed by atoms with Crippen LogP contribution < -0.4 is 0 Å². The molecule has 5 heteroatoms. The van der Waals surface area contributed by atoms with Gasteiger partial charge in [0.25, 0.3) is 0 Å². The molecule has 0 aliphatic rings. The molecule has 0 rings (SSSR count). The zero-order valence-corrected chi connectivity index (χ0v) is 6.79. The van der Waals surface area contributed by atoms with E-state index < -0.39 is 12.1 Å². The van der Waals surface area contributed by atoms with Gasteiger partial charge in [-0.3, -0.25) is 4.79 Å². The molecule has 5 nitrogen and oxygen atoms in total. The van der Waals surface area contributed by atoms with E-state index in [-0.39, 0.29) is 6.61 Å². The Morgan fingerprint density at radius 2 is 2.00 bits per heavy atom. The number of rotatable bonds is 1. The zero-order chi connectivity index (χ0) is 8.85. The van der Waals surface area contributed by atoms with Crippen LogP contribution in [0.4, 0.5) is 4.79 Å². The molecule has 0 fully saturated rings. The van der Waals surface area contributed by atoms with Crippen molar-refractivity contribution >= 4 is 12.1 Å². The van der Waals surface area contributed by atoms with Gasteiger partial charge in [0.15, 0.2) is 0 Å². The molecule has 0 radical (unpaired) electrons. The van der Waals surface area contributed by atoms with E-state index >= 15 is 0 Å². The molecule has 0 saturated carbocycles. The second-order valence-corrected chi connectivity index (χ2v) is 1.78. The van der Waals surface area contributed by atoms with Crippen LogP contribution in [0.1, 0.15) is 13.8 Å². The first-order valence-electron chi connectivity index (χ1n) is 3.17. The van der Waals surface area contributed by atoms with Gasteiger partial charge in [-0.15, -0.1) is 5.06 Å². The molecule has 0 atom stereocenters. The molecule has 0 aromatic carbocycles. The van der Waals surface area contributed by atoms with Crippen LogP contribution in [0.2, 0.25) is 0 Å². The molecule has 11 heavy (non-hydrogen) atoms. The Balaban J connectivity index is 3.73. The molecule has 64 valence electrons. The van der Waals surface area contributed by atoms with Gasteiger partial charge in [0.05, 0.1) is 13.7 Å². The van der Waals surface area contributed by atoms with Crippen molar-refractivity contribution in [1.82, 2.24) is 5.06 Å². The molecule has 0 saturated heterocycles. The second kappa shape index (κ2) is 4.54. The van der Waals surface area contributed by atoms with Crippen LogP contribution in [0.15, 0.2) is 0 Å². The van der Waals surface area contributed by atoms with E-state index in [9.17, 15) is 9.59 Å². The highest BCUT2D eigenvalue weighted by Crippen LogP contribution is 1.91. The minimum atomic E-state index is -0.678. The fourth-order valence-electron chi connectivity index (χ4n) is 0.444. The monoisotopic (exact) mass is 161 g/mol. The Labute approximate surface area is 64.8 Å². The number of hydroxylamine groups is 2. The Kier molecular flexibility index (Phi) is 4.02. The highest BCUT2D eigenvalue weighted by atomic mass is 16.7. The summed E-state index contributed by atoms with van der Waals surface area (Å²) < 4.78 is 4.51. The molecular formula is C6H11NO4. The lowest BCUT2D eigenvalue weighted by molar-refractivity contribution is -0.173. The Morgan fingerprint density at radius 1 is 1.45 bits per heavy atom. The molecule has 0 N–H and O–H groups in total. The smallest absolute Gasteiger partial charge is 0.443 e. The van der Waals surface area contributed by atoms with Crippen molar-refractivity contribution in [3.8, 4) is 0 Å². The summed E-state index contributed by atoms with van der Waals surface area (Å²) in [5.41, 5.74) is 0. The predicted molar refractivity (Wildman–Crippen MR) is 36.6 cm³/mol. The molecule has 0 aliphatic carbocycles. The average Bonchev–Trinajstić information content (AvgIpc) is 1.86. The minimum Gasteiger partial charge on any atom is -0.448 e. The lowest BCUT2D eigenvalue weighted by atomic mass is 10.8. The number of hydrogen-bond donors (Lipinski definition) is 0. The SMILES string of the molecule is CCOC(=O)N(C)OC(C)=O. The van der Waals surface area contributed by atoms with Crippen molar-refractivity contribution in [2.75, 3.05) is 13.7 Å². The third kappa shape index (κ3) is 4.19. The predicted octanol–water partition coefficient (Wildman–Crippen LogP) is 0.553. The molecule has 0 spiro atoms. The van der Waals surface area contributed by atoms with Crippen LogP contribution in [0.3, 0.4) is 0 Å². The van der Waals surface area contributed by atoms with Crippen molar-refractivity contribution in [2.24, 2.45) is 0 Å². The van der Waals surface area contributed by atoms with Crippen LogP contribution in [0, 0.1) is 0 Å². The maximum absolute atomic E-state index is 10.7. The average molecular weight is 161 g/mol. The summed E-state index contributed by atoms with van der Waals surface area (Å²) in [6.45, 7) is 3.12. The third-order valence-corrected chi connectivity index (χ3v) is 0.790. The van der Waals surface area contributed by atoms with Crippen LogP contribution in [-0.2, 0) is 14.4 Å². The maximum Gasteiger partial charge on any atom is 0.443 e. The van der Waals surface area contributed by atoms with E-state index in [1.807, 2.05) is 0 Å². The van der Waals surface area contributed by atoms with Gasteiger partial charge in [0.2, 0.25) is 0 Å². The molecular weight excluding hydrogens is 150 g/mol. The normalized spacial score (nSPS) is 8.64. The number of carbonyl (C=O) groups excluding carboxylic acids is 2. The van der Waals surface area contributed by atoms with E-state index in [0.717, 1.165) is 5.06 Å². The summed E-state index contributed by atoms with van der Waals surface area (Å²) in [4.78, 5) is 25.4. The van der Waals surface area contributed by atoms with Crippen LogP contribution >= 0.6 is 0 Å². The lowest BCUT2D eigenvalue weighted by Gasteiger charge is -2.13. The van der Waals surface area contributed by atoms with Crippen molar-refractivity contribution in [2.45, 2.75) is 13.8 Å². The van der Waals surface area contributed by atoms with Gasteiger partial charge in [-0.1, -0.05) is 0 Å².